The Morgan fingerprint density at radius 3 is 2.60 bits per heavy atom. The lowest BCUT2D eigenvalue weighted by Gasteiger charge is -2.34. The fourth-order valence-electron chi connectivity index (χ4n) is 5.41. The van der Waals surface area contributed by atoms with Gasteiger partial charge in [0.2, 0.25) is 5.91 Å². The molecular formula is C22H33Cl2N5O. The molecule has 1 atom stereocenters. The van der Waals surface area contributed by atoms with Crippen molar-refractivity contribution >= 4 is 41.8 Å². The van der Waals surface area contributed by atoms with Gasteiger partial charge in [-0.2, -0.15) is 0 Å². The summed E-state index contributed by atoms with van der Waals surface area (Å²) >= 11 is 0. The molecule has 1 aromatic heterocycles. The number of benzene rings is 1. The van der Waals surface area contributed by atoms with Crippen LogP contribution in [0.4, 0.5) is 0 Å². The van der Waals surface area contributed by atoms with Gasteiger partial charge in [0, 0.05) is 25.6 Å². The second-order valence-electron chi connectivity index (χ2n) is 9.08. The van der Waals surface area contributed by atoms with Crippen LogP contribution in [0, 0.1) is 12.3 Å². The average molecular weight is 454 g/mol. The molecule has 1 unspecified atom stereocenters. The molecule has 5 rings (SSSR count). The Morgan fingerprint density at radius 2 is 1.90 bits per heavy atom. The van der Waals surface area contributed by atoms with Crippen LogP contribution in [0.5, 0.6) is 0 Å². The molecule has 3 N–H and O–H groups in total. The summed E-state index contributed by atoms with van der Waals surface area (Å²) in [4.78, 5) is 23.5. The van der Waals surface area contributed by atoms with Crippen molar-refractivity contribution in [3.63, 3.8) is 0 Å². The van der Waals surface area contributed by atoms with E-state index >= 15 is 0 Å². The molecule has 3 saturated heterocycles. The van der Waals surface area contributed by atoms with Gasteiger partial charge in [0.25, 0.3) is 0 Å². The number of hydrogen-bond acceptors (Lipinski definition) is 4. The predicted molar refractivity (Wildman–Crippen MR) is 125 cm³/mol. The van der Waals surface area contributed by atoms with Gasteiger partial charge < -0.3 is 20.5 Å². The summed E-state index contributed by atoms with van der Waals surface area (Å²) in [6.07, 6.45) is 5.38. The van der Waals surface area contributed by atoms with Crippen molar-refractivity contribution in [3.05, 3.63) is 29.6 Å². The van der Waals surface area contributed by atoms with Crippen LogP contribution >= 0.6 is 24.8 Å². The molecule has 166 valence electrons. The number of nitrogens with one attached hydrogen (secondary N) is 3. The second kappa shape index (κ2) is 9.43. The number of carbonyl (C=O) groups is 1. The van der Waals surface area contributed by atoms with Crippen LogP contribution in [0.25, 0.3) is 11.0 Å². The second-order valence-corrected chi connectivity index (χ2v) is 9.08. The SMILES string of the molecule is Cc1cccc2[nH]c(C3CCN(C(=O)C4CC5(CCNCC5)CN4)CC3)nc12.Cl.Cl. The van der Waals surface area contributed by atoms with E-state index in [0.29, 0.717) is 17.2 Å². The van der Waals surface area contributed by atoms with E-state index in [1.54, 1.807) is 0 Å². The van der Waals surface area contributed by atoms with Crippen LogP contribution in [0.1, 0.15) is 49.4 Å². The largest absolute Gasteiger partial charge is 0.342 e. The first kappa shape index (κ1) is 23.3. The fraction of sp³-hybridized carbons (Fsp3) is 0.636. The smallest absolute Gasteiger partial charge is 0.239 e. The Labute approximate surface area is 190 Å². The molecule has 3 fully saturated rings. The topological polar surface area (TPSA) is 73.1 Å². The number of piperidine rings is 2. The van der Waals surface area contributed by atoms with Gasteiger partial charge in [0.1, 0.15) is 5.82 Å². The minimum Gasteiger partial charge on any atom is -0.342 e. The number of para-hydroxylation sites is 1. The molecule has 4 heterocycles. The molecule has 3 aliphatic heterocycles. The molecule has 0 bridgehead atoms. The van der Waals surface area contributed by atoms with E-state index in [-0.39, 0.29) is 30.9 Å². The van der Waals surface area contributed by atoms with Gasteiger partial charge in [-0.1, -0.05) is 12.1 Å². The maximum atomic E-state index is 13.1. The van der Waals surface area contributed by atoms with Crippen molar-refractivity contribution in [1.29, 1.82) is 0 Å². The first-order chi connectivity index (χ1) is 13.6. The summed E-state index contributed by atoms with van der Waals surface area (Å²) in [6, 6.07) is 6.30. The summed E-state index contributed by atoms with van der Waals surface area (Å²) in [5.74, 6) is 1.82. The van der Waals surface area contributed by atoms with E-state index in [4.69, 9.17) is 4.98 Å². The molecule has 2 aromatic rings. The van der Waals surface area contributed by atoms with Gasteiger partial charge in [0.15, 0.2) is 0 Å². The Hall–Kier alpha value is -1.34. The number of halogens is 2. The number of H-pyrrole nitrogens is 1. The van der Waals surface area contributed by atoms with E-state index < -0.39 is 0 Å². The monoisotopic (exact) mass is 453 g/mol. The molecule has 1 spiro atoms. The molecule has 1 amide bonds. The molecule has 0 aliphatic carbocycles. The van der Waals surface area contributed by atoms with Crippen molar-refractivity contribution in [2.24, 2.45) is 5.41 Å². The maximum Gasteiger partial charge on any atom is 0.239 e. The number of likely N-dealkylation sites (tertiary alicyclic amines) is 1. The lowest BCUT2D eigenvalue weighted by molar-refractivity contribution is -0.134. The third kappa shape index (κ3) is 4.33. The summed E-state index contributed by atoms with van der Waals surface area (Å²) in [7, 11) is 0. The number of amides is 1. The number of aryl methyl sites for hydroxylation is 1. The number of aromatic nitrogens is 2. The van der Waals surface area contributed by atoms with Gasteiger partial charge >= 0.3 is 0 Å². The number of rotatable bonds is 2. The normalized spacial score (nSPS) is 23.9. The van der Waals surface area contributed by atoms with Crippen molar-refractivity contribution in [3.8, 4) is 0 Å². The third-order valence-electron chi connectivity index (χ3n) is 7.25. The number of imidazole rings is 1. The van der Waals surface area contributed by atoms with E-state index in [2.05, 4.69) is 45.6 Å². The lowest BCUT2D eigenvalue weighted by Crippen LogP contribution is -2.46. The van der Waals surface area contributed by atoms with Gasteiger partial charge in [-0.3, -0.25) is 4.79 Å². The highest BCUT2D eigenvalue weighted by atomic mass is 35.5. The van der Waals surface area contributed by atoms with E-state index in [1.807, 2.05) is 0 Å². The zero-order valence-electron chi connectivity index (χ0n) is 17.6. The fourth-order valence-corrected chi connectivity index (χ4v) is 5.41. The van der Waals surface area contributed by atoms with E-state index in [1.165, 1.54) is 18.4 Å². The number of fused-ring (bicyclic) bond motifs is 1. The van der Waals surface area contributed by atoms with Gasteiger partial charge in [-0.05, 0) is 69.2 Å². The zero-order chi connectivity index (χ0) is 19.1. The number of hydrogen-bond donors (Lipinski definition) is 3. The number of carbonyl (C=O) groups excluding carboxylic acids is 1. The number of nitrogens with zero attached hydrogens (tertiary/aromatic N) is 2. The summed E-state index contributed by atoms with van der Waals surface area (Å²) in [5, 5.41) is 6.99. The first-order valence-electron chi connectivity index (χ1n) is 10.8. The Kier molecular flexibility index (Phi) is 7.33. The van der Waals surface area contributed by atoms with Crippen molar-refractivity contribution in [2.75, 3.05) is 32.7 Å². The van der Waals surface area contributed by atoms with Crippen LogP contribution < -0.4 is 10.6 Å². The van der Waals surface area contributed by atoms with Crippen LogP contribution in [0.2, 0.25) is 0 Å². The van der Waals surface area contributed by atoms with Crippen molar-refractivity contribution < 1.29 is 4.79 Å². The highest BCUT2D eigenvalue weighted by Crippen LogP contribution is 2.38. The Bertz CT molecular complexity index is 872. The van der Waals surface area contributed by atoms with E-state index in [0.717, 1.165) is 68.8 Å². The maximum absolute atomic E-state index is 13.1. The molecule has 3 aliphatic rings. The molecule has 1 aromatic carbocycles. The van der Waals surface area contributed by atoms with E-state index in [9.17, 15) is 4.79 Å². The summed E-state index contributed by atoms with van der Waals surface area (Å²) < 4.78 is 0. The minimum atomic E-state index is 0. The van der Waals surface area contributed by atoms with Gasteiger partial charge in [0.05, 0.1) is 17.1 Å². The molecule has 8 heteroatoms. The Morgan fingerprint density at radius 1 is 1.17 bits per heavy atom. The van der Waals surface area contributed by atoms with Gasteiger partial charge in [-0.15, -0.1) is 24.8 Å². The van der Waals surface area contributed by atoms with Crippen LogP contribution in [0.15, 0.2) is 18.2 Å². The summed E-state index contributed by atoms with van der Waals surface area (Å²) in [5.41, 5.74) is 3.76. The van der Waals surface area contributed by atoms with Crippen molar-refractivity contribution in [1.82, 2.24) is 25.5 Å². The zero-order valence-corrected chi connectivity index (χ0v) is 19.2. The predicted octanol–water partition coefficient (Wildman–Crippen LogP) is 3.15. The average Bonchev–Trinajstić information content (AvgIpc) is 3.34. The number of aromatic amines is 1. The minimum absolute atomic E-state index is 0. The Balaban J connectivity index is 0.00000128. The quantitative estimate of drug-likeness (QED) is 0.652. The molecule has 0 saturated carbocycles. The third-order valence-corrected chi connectivity index (χ3v) is 7.25. The molecular weight excluding hydrogens is 421 g/mol. The highest BCUT2D eigenvalue weighted by molar-refractivity contribution is 5.85. The highest BCUT2D eigenvalue weighted by Gasteiger charge is 2.43. The molecule has 6 nitrogen and oxygen atoms in total. The molecule has 0 radical (unpaired) electrons. The molecule has 30 heavy (non-hydrogen) atoms. The first-order valence-corrected chi connectivity index (χ1v) is 10.8. The van der Waals surface area contributed by atoms with Crippen LogP contribution in [-0.2, 0) is 4.79 Å². The lowest BCUT2D eigenvalue weighted by atomic mass is 9.77. The van der Waals surface area contributed by atoms with Crippen LogP contribution in [0.3, 0.4) is 0 Å². The summed E-state index contributed by atoms with van der Waals surface area (Å²) in [6.45, 7) is 6.96. The van der Waals surface area contributed by atoms with Crippen LogP contribution in [-0.4, -0.2) is 59.5 Å². The van der Waals surface area contributed by atoms with Gasteiger partial charge in [-0.25, -0.2) is 4.98 Å². The van der Waals surface area contributed by atoms with Crippen molar-refractivity contribution in [2.45, 2.75) is 51.0 Å². The standard InChI is InChI=1S/C22H31N5O.2ClH/c1-15-3-2-4-17-19(15)26-20(25-17)16-5-11-27(12-6-16)21(28)18-13-22(14-24-18)7-9-23-10-8-22;;/h2-4,16,18,23-24H,5-14H2,1H3,(H,25,26);2*1H.